The predicted molar refractivity (Wildman–Crippen MR) is 114 cm³/mol. The highest BCUT2D eigenvalue weighted by atomic mass is 16.5. The number of carbonyl (C=O) groups is 1. The van der Waals surface area contributed by atoms with Gasteiger partial charge in [-0.1, -0.05) is 31.4 Å². The van der Waals surface area contributed by atoms with Crippen LogP contribution in [-0.2, 0) is 4.74 Å². The molecule has 0 atom stereocenters. The van der Waals surface area contributed by atoms with E-state index >= 15 is 0 Å². The number of para-hydroxylation sites is 2. The number of ether oxygens (including phenoxy) is 1. The maximum atomic E-state index is 12.7. The van der Waals surface area contributed by atoms with Crippen molar-refractivity contribution >= 4 is 23.1 Å². The van der Waals surface area contributed by atoms with E-state index in [1.54, 1.807) is 6.07 Å². The zero-order valence-corrected chi connectivity index (χ0v) is 17.0. The summed E-state index contributed by atoms with van der Waals surface area (Å²) >= 11 is 0. The third kappa shape index (κ3) is 5.03. The summed E-state index contributed by atoms with van der Waals surface area (Å²) < 4.78 is 5.47. The van der Waals surface area contributed by atoms with Gasteiger partial charge in [0.1, 0.15) is 17.3 Å². The van der Waals surface area contributed by atoms with Crippen LogP contribution in [0.5, 0.6) is 0 Å². The number of nitrogens with zero attached hydrogens (tertiary/aromatic N) is 3. The molecule has 4 rings (SSSR count). The van der Waals surface area contributed by atoms with Crippen molar-refractivity contribution in [2.45, 2.75) is 45.1 Å². The molecule has 1 aliphatic carbocycles. The van der Waals surface area contributed by atoms with Crippen molar-refractivity contribution in [3.63, 3.8) is 0 Å². The van der Waals surface area contributed by atoms with Crippen molar-refractivity contribution in [3.8, 4) is 0 Å². The Bertz CT molecular complexity index is 845. The smallest absolute Gasteiger partial charge is 0.270 e. The second-order valence-corrected chi connectivity index (χ2v) is 7.74. The van der Waals surface area contributed by atoms with Crippen molar-refractivity contribution in [1.29, 1.82) is 0 Å². The molecular weight excluding hydrogens is 366 g/mol. The van der Waals surface area contributed by atoms with E-state index in [9.17, 15) is 4.79 Å². The van der Waals surface area contributed by atoms with Gasteiger partial charge in [0.05, 0.1) is 24.6 Å². The number of nitrogens with one attached hydrogen (secondary N) is 2. The number of aryl methyl sites for hydroxylation is 1. The Labute approximate surface area is 171 Å². The van der Waals surface area contributed by atoms with Crippen LogP contribution in [0.25, 0.3) is 0 Å². The molecule has 1 saturated heterocycles. The van der Waals surface area contributed by atoms with Crippen LogP contribution in [0.4, 0.5) is 17.2 Å². The van der Waals surface area contributed by atoms with Crippen LogP contribution in [0, 0.1) is 6.92 Å². The van der Waals surface area contributed by atoms with E-state index in [0.29, 0.717) is 17.3 Å². The molecule has 2 heterocycles. The number of anilines is 3. The summed E-state index contributed by atoms with van der Waals surface area (Å²) in [6, 6.07) is 10.1. The fourth-order valence-corrected chi connectivity index (χ4v) is 4.05. The van der Waals surface area contributed by atoms with Gasteiger partial charge in [0, 0.05) is 25.2 Å². The van der Waals surface area contributed by atoms with Crippen molar-refractivity contribution < 1.29 is 9.53 Å². The lowest BCUT2D eigenvalue weighted by molar-refractivity contribution is 0.0922. The van der Waals surface area contributed by atoms with Gasteiger partial charge < -0.3 is 20.3 Å². The number of morpholine rings is 1. The van der Waals surface area contributed by atoms with E-state index in [1.165, 1.54) is 19.3 Å². The third-order valence-corrected chi connectivity index (χ3v) is 5.53. The molecule has 29 heavy (non-hydrogen) atoms. The highest BCUT2D eigenvalue weighted by Gasteiger charge is 2.19. The molecule has 154 valence electrons. The first-order valence-electron chi connectivity index (χ1n) is 10.5. The number of aromatic nitrogens is 2. The Balaban J connectivity index is 1.51. The molecule has 2 aliphatic rings. The minimum atomic E-state index is -0.119. The maximum Gasteiger partial charge on any atom is 0.270 e. The number of hydrogen-bond acceptors (Lipinski definition) is 6. The van der Waals surface area contributed by atoms with Gasteiger partial charge in [-0.15, -0.1) is 0 Å². The van der Waals surface area contributed by atoms with Gasteiger partial charge >= 0.3 is 0 Å². The number of rotatable bonds is 5. The highest BCUT2D eigenvalue weighted by molar-refractivity contribution is 5.93. The Hall–Kier alpha value is -2.67. The van der Waals surface area contributed by atoms with Crippen LogP contribution in [0.3, 0.4) is 0 Å². The summed E-state index contributed by atoms with van der Waals surface area (Å²) in [5.74, 6) is 1.09. The van der Waals surface area contributed by atoms with Crippen molar-refractivity contribution in [2.75, 3.05) is 36.5 Å². The summed E-state index contributed by atoms with van der Waals surface area (Å²) in [5, 5.41) is 6.53. The molecule has 1 aliphatic heterocycles. The lowest BCUT2D eigenvalue weighted by Crippen LogP contribution is -2.37. The molecule has 1 aromatic heterocycles. The molecule has 7 heteroatoms. The van der Waals surface area contributed by atoms with E-state index in [0.717, 1.165) is 50.5 Å². The molecule has 1 aromatic carbocycles. The molecule has 0 bridgehead atoms. The second kappa shape index (κ2) is 9.22. The van der Waals surface area contributed by atoms with E-state index in [2.05, 4.69) is 31.6 Å². The SMILES string of the molecule is Cc1nc(Nc2ccccc2N2CCOCC2)cc(C(=O)NC2CCCCC2)n1. The van der Waals surface area contributed by atoms with Gasteiger partial charge in [-0.25, -0.2) is 9.97 Å². The second-order valence-electron chi connectivity index (χ2n) is 7.74. The van der Waals surface area contributed by atoms with Crippen LogP contribution >= 0.6 is 0 Å². The summed E-state index contributed by atoms with van der Waals surface area (Å²) in [6.45, 7) is 4.99. The Kier molecular flexibility index (Phi) is 6.24. The third-order valence-electron chi connectivity index (χ3n) is 5.53. The minimum absolute atomic E-state index is 0.119. The number of carbonyl (C=O) groups excluding carboxylic acids is 1. The molecule has 1 saturated carbocycles. The molecule has 0 radical (unpaired) electrons. The van der Waals surface area contributed by atoms with Crippen molar-refractivity contribution in [1.82, 2.24) is 15.3 Å². The quantitative estimate of drug-likeness (QED) is 0.808. The summed E-state index contributed by atoms with van der Waals surface area (Å²) in [5.41, 5.74) is 2.49. The fraction of sp³-hybridized carbons (Fsp3) is 0.500. The maximum absolute atomic E-state index is 12.7. The molecule has 1 amide bonds. The van der Waals surface area contributed by atoms with Crippen molar-refractivity contribution in [2.24, 2.45) is 0 Å². The normalized spacial score (nSPS) is 17.8. The lowest BCUT2D eigenvalue weighted by Gasteiger charge is -2.30. The monoisotopic (exact) mass is 395 g/mol. The topological polar surface area (TPSA) is 79.4 Å². The van der Waals surface area contributed by atoms with Crippen LogP contribution in [0.15, 0.2) is 30.3 Å². The van der Waals surface area contributed by atoms with E-state index in [1.807, 2.05) is 25.1 Å². The number of hydrogen-bond donors (Lipinski definition) is 2. The van der Waals surface area contributed by atoms with E-state index in [4.69, 9.17) is 4.74 Å². The minimum Gasteiger partial charge on any atom is -0.378 e. The van der Waals surface area contributed by atoms with Crippen LogP contribution in [0.1, 0.15) is 48.4 Å². The summed E-state index contributed by atoms with van der Waals surface area (Å²) in [6.07, 6.45) is 5.72. The van der Waals surface area contributed by atoms with Gasteiger partial charge in [0.15, 0.2) is 0 Å². The number of benzene rings is 1. The van der Waals surface area contributed by atoms with Gasteiger partial charge in [-0.05, 0) is 31.9 Å². The van der Waals surface area contributed by atoms with Gasteiger partial charge in [-0.2, -0.15) is 0 Å². The van der Waals surface area contributed by atoms with Gasteiger partial charge in [0.25, 0.3) is 5.91 Å². The first kappa shape index (κ1) is 19.6. The van der Waals surface area contributed by atoms with Crippen LogP contribution in [-0.4, -0.2) is 48.2 Å². The molecule has 2 aromatic rings. The lowest BCUT2D eigenvalue weighted by atomic mass is 9.95. The molecular formula is C22H29N5O2. The van der Waals surface area contributed by atoms with Gasteiger partial charge in [-0.3, -0.25) is 4.79 Å². The predicted octanol–water partition coefficient (Wildman–Crippen LogP) is 3.43. The molecule has 0 spiro atoms. The molecule has 2 N–H and O–H groups in total. The Morgan fingerprint density at radius 1 is 1.10 bits per heavy atom. The van der Waals surface area contributed by atoms with Crippen molar-refractivity contribution in [3.05, 3.63) is 41.9 Å². The zero-order chi connectivity index (χ0) is 20.1. The van der Waals surface area contributed by atoms with E-state index < -0.39 is 0 Å². The average molecular weight is 396 g/mol. The highest BCUT2D eigenvalue weighted by Crippen LogP contribution is 2.29. The average Bonchev–Trinajstić information content (AvgIpc) is 2.75. The first-order chi connectivity index (χ1) is 14.2. The van der Waals surface area contributed by atoms with E-state index in [-0.39, 0.29) is 11.9 Å². The molecule has 2 fully saturated rings. The Morgan fingerprint density at radius 3 is 2.66 bits per heavy atom. The largest absolute Gasteiger partial charge is 0.378 e. The van der Waals surface area contributed by atoms with Gasteiger partial charge in [0.2, 0.25) is 0 Å². The molecule has 0 unspecified atom stereocenters. The first-order valence-corrected chi connectivity index (χ1v) is 10.5. The summed E-state index contributed by atoms with van der Waals surface area (Å²) in [7, 11) is 0. The summed E-state index contributed by atoms with van der Waals surface area (Å²) in [4.78, 5) is 23.9. The number of amides is 1. The zero-order valence-electron chi connectivity index (χ0n) is 17.0. The van der Waals surface area contributed by atoms with Crippen LogP contribution in [0.2, 0.25) is 0 Å². The van der Waals surface area contributed by atoms with Crippen LogP contribution < -0.4 is 15.5 Å². The Morgan fingerprint density at radius 2 is 1.86 bits per heavy atom. The fourth-order valence-electron chi connectivity index (χ4n) is 4.05. The standard InChI is InChI=1S/C22H29N5O2/c1-16-23-19(22(28)25-17-7-3-2-4-8-17)15-21(24-16)26-18-9-5-6-10-20(18)27-11-13-29-14-12-27/h5-6,9-10,15,17H,2-4,7-8,11-14H2,1H3,(H,25,28)(H,23,24,26). The molecule has 7 nitrogen and oxygen atoms in total.